The molecule has 1 heterocycles. The minimum Gasteiger partial charge on any atom is -0.465 e. The lowest BCUT2D eigenvalue weighted by atomic mass is 10.1. The number of methoxy groups -OCH3 is 1. The van der Waals surface area contributed by atoms with Gasteiger partial charge in [0, 0.05) is 16.8 Å². The van der Waals surface area contributed by atoms with Gasteiger partial charge in [0.2, 0.25) is 0 Å². The fraction of sp³-hybridized carbons (Fsp3) is 0.167. The summed E-state index contributed by atoms with van der Waals surface area (Å²) in [7, 11) is 1.25. The molecule has 0 atom stereocenters. The van der Waals surface area contributed by atoms with Crippen molar-refractivity contribution in [3.05, 3.63) is 40.1 Å². The molecule has 1 aromatic heterocycles. The maximum Gasteiger partial charge on any atom is 0.340 e. The number of thiazole rings is 1. The summed E-state index contributed by atoms with van der Waals surface area (Å²) in [6, 6.07) is 2.44. The summed E-state index contributed by atoms with van der Waals surface area (Å²) in [5, 5.41) is 2.89. The number of carbonyl (C=O) groups excluding carboxylic acids is 1. The van der Waals surface area contributed by atoms with Crippen molar-refractivity contribution in [3.63, 3.8) is 0 Å². The van der Waals surface area contributed by atoms with E-state index in [0.717, 1.165) is 10.9 Å². The molecule has 0 aliphatic rings. The van der Waals surface area contributed by atoms with Crippen LogP contribution >= 0.6 is 11.3 Å². The number of hydrogen-bond donors (Lipinski definition) is 2. The van der Waals surface area contributed by atoms with Crippen LogP contribution in [0.2, 0.25) is 0 Å². The maximum atomic E-state index is 13.7. The number of nitrogen functional groups attached to an aromatic ring is 1. The Bertz CT molecular complexity index is 587. The van der Waals surface area contributed by atoms with E-state index >= 15 is 0 Å². The van der Waals surface area contributed by atoms with Gasteiger partial charge in [0.05, 0.1) is 30.4 Å². The zero-order chi connectivity index (χ0) is 13.8. The Labute approximate surface area is 113 Å². The lowest BCUT2D eigenvalue weighted by molar-refractivity contribution is 0.0602. The molecule has 3 N–H and O–H groups in total. The third-order valence-electron chi connectivity index (χ3n) is 2.48. The van der Waals surface area contributed by atoms with Gasteiger partial charge in [0.25, 0.3) is 0 Å². The van der Waals surface area contributed by atoms with E-state index in [-0.39, 0.29) is 16.9 Å². The van der Waals surface area contributed by atoms with E-state index in [9.17, 15) is 9.18 Å². The Hall–Kier alpha value is -2.15. The van der Waals surface area contributed by atoms with Crippen LogP contribution in [0.15, 0.2) is 23.8 Å². The smallest absolute Gasteiger partial charge is 0.340 e. The molecule has 0 spiro atoms. The molecule has 0 saturated heterocycles. The first-order valence-electron chi connectivity index (χ1n) is 5.40. The first-order valence-corrected chi connectivity index (χ1v) is 6.28. The molecule has 7 heteroatoms. The SMILES string of the molecule is COC(=O)c1cc(NCc2cncs2)c(F)cc1N. The molecule has 5 nitrogen and oxygen atoms in total. The van der Waals surface area contributed by atoms with Crippen LogP contribution in [-0.4, -0.2) is 18.1 Å². The van der Waals surface area contributed by atoms with Crippen LogP contribution in [0.5, 0.6) is 0 Å². The minimum atomic E-state index is -0.599. The van der Waals surface area contributed by atoms with Gasteiger partial charge in [0.15, 0.2) is 0 Å². The van der Waals surface area contributed by atoms with Crippen LogP contribution in [0, 0.1) is 5.82 Å². The first kappa shape index (κ1) is 13.3. The number of carbonyl (C=O) groups is 1. The van der Waals surface area contributed by atoms with Gasteiger partial charge >= 0.3 is 5.97 Å². The highest BCUT2D eigenvalue weighted by Crippen LogP contribution is 2.23. The Morgan fingerprint density at radius 2 is 2.37 bits per heavy atom. The third-order valence-corrected chi connectivity index (χ3v) is 3.26. The highest BCUT2D eigenvalue weighted by atomic mass is 32.1. The number of anilines is 2. The van der Waals surface area contributed by atoms with Gasteiger partial charge in [-0.1, -0.05) is 0 Å². The number of halogens is 1. The predicted octanol–water partition coefficient (Wildman–Crippen LogP) is 2.26. The number of nitrogens with two attached hydrogens (primary N) is 1. The zero-order valence-electron chi connectivity index (χ0n) is 10.1. The van der Waals surface area contributed by atoms with Crippen LogP contribution in [0.1, 0.15) is 15.2 Å². The van der Waals surface area contributed by atoms with Gasteiger partial charge in [-0.05, 0) is 12.1 Å². The lowest BCUT2D eigenvalue weighted by Crippen LogP contribution is -2.09. The molecule has 2 aromatic rings. The zero-order valence-corrected chi connectivity index (χ0v) is 11.0. The number of esters is 1. The molecule has 19 heavy (non-hydrogen) atoms. The van der Waals surface area contributed by atoms with Gasteiger partial charge < -0.3 is 15.8 Å². The van der Waals surface area contributed by atoms with Crippen LogP contribution in [0.4, 0.5) is 15.8 Å². The summed E-state index contributed by atoms with van der Waals surface area (Å²) in [6.45, 7) is 0.423. The molecule has 0 bridgehead atoms. The van der Waals surface area contributed by atoms with E-state index in [1.807, 2.05) is 0 Å². The van der Waals surface area contributed by atoms with Crippen molar-refractivity contribution in [2.45, 2.75) is 6.54 Å². The number of ether oxygens (including phenoxy) is 1. The van der Waals surface area contributed by atoms with E-state index in [1.54, 1.807) is 11.7 Å². The van der Waals surface area contributed by atoms with Crippen molar-refractivity contribution in [2.24, 2.45) is 0 Å². The van der Waals surface area contributed by atoms with Gasteiger partial charge in [-0.2, -0.15) is 0 Å². The van der Waals surface area contributed by atoms with Crippen molar-refractivity contribution >= 4 is 28.7 Å². The molecule has 0 radical (unpaired) electrons. The molecule has 0 amide bonds. The van der Waals surface area contributed by atoms with E-state index in [1.165, 1.54) is 24.5 Å². The van der Waals surface area contributed by atoms with Crippen LogP contribution in [-0.2, 0) is 11.3 Å². The Balaban J connectivity index is 2.22. The number of nitrogens with one attached hydrogen (secondary N) is 1. The second kappa shape index (κ2) is 5.66. The van der Waals surface area contributed by atoms with Gasteiger partial charge in [0.1, 0.15) is 5.82 Å². The van der Waals surface area contributed by atoms with Crippen molar-refractivity contribution in [2.75, 3.05) is 18.2 Å². The number of aromatic nitrogens is 1. The number of benzene rings is 1. The molecule has 1 aromatic carbocycles. The third kappa shape index (κ3) is 3.00. The summed E-state index contributed by atoms with van der Waals surface area (Å²) >= 11 is 1.45. The average Bonchev–Trinajstić information content (AvgIpc) is 2.90. The normalized spacial score (nSPS) is 10.2. The van der Waals surface area contributed by atoms with Crippen LogP contribution < -0.4 is 11.1 Å². The predicted molar refractivity (Wildman–Crippen MR) is 71.6 cm³/mol. The Morgan fingerprint density at radius 1 is 1.58 bits per heavy atom. The van der Waals surface area contributed by atoms with Crippen molar-refractivity contribution in [1.82, 2.24) is 4.98 Å². The van der Waals surface area contributed by atoms with Crippen LogP contribution in [0.3, 0.4) is 0 Å². The van der Waals surface area contributed by atoms with Crippen molar-refractivity contribution < 1.29 is 13.9 Å². The largest absolute Gasteiger partial charge is 0.465 e. The fourth-order valence-corrected chi connectivity index (χ4v) is 2.06. The van der Waals surface area contributed by atoms with E-state index in [0.29, 0.717) is 6.54 Å². The minimum absolute atomic E-state index is 0.0488. The Kier molecular flexibility index (Phi) is 3.96. The quantitative estimate of drug-likeness (QED) is 0.664. The molecular weight excluding hydrogens is 269 g/mol. The topological polar surface area (TPSA) is 77.2 Å². The molecular formula is C12H12FN3O2S. The highest BCUT2D eigenvalue weighted by molar-refractivity contribution is 7.09. The standard InChI is InChI=1S/C12H12FN3O2S/c1-18-12(17)8-2-11(9(13)3-10(8)14)16-5-7-4-15-6-19-7/h2-4,6,16H,5,14H2,1H3. The maximum absolute atomic E-state index is 13.7. The van der Waals surface area contributed by atoms with Crippen molar-refractivity contribution in [1.29, 1.82) is 0 Å². The fourth-order valence-electron chi connectivity index (χ4n) is 1.52. The average molecular weight is 281 g/mol. The monoisotopic (exact) mass is 281 g/mol. The molecule has 100 valence electrons. The van der Waals surface area contributed by atoms with E-state index in [4.69, 9.17) is 5.73 Å². The highest BCUT2D eigenvalue weighted by Gasteiger charge is 2.14. The summed E-state index contributed by atoms with van der Waals surface area (Å²) in [4.78, 5) is 16.3. The summed E-state index contributed by atoms with van der Waals surface area (Å²) in [5.74, 6) is -1.12. The summed E-state index contributed by atoms with van der Waals surface area (Å²) < 4.78 is 18.3. The van der Waals surface area contributed by atoms with Gasteiger partial charge in [-0.15, -0.1) is 11.3 Å². The first-order chi connectivity index (χ1) is 9.11. The van der Waals surface area contributed by atoms with Crippen molar-refractivity contribution in [3.8, 4) is 0 Å². The number of hydrogen-bond acceptors (Lipinski definition) is 6. The Morgan fingerprint density at radius 3 is 3.00 bits per heavy atom. The second-order valence-electron chi connectivity index (χ2n) is 3.73. The lowest BCUT2D eigenvalue weighted by Gasteiger charge is -2.10. The number of rotatable bonds is 4. The molecule has 2 rings (SSSR count). The molecule has 0 fully saturated rings. The second-order valence-corrected chi connectivity index (χ2v) is 4.70. The summed E-state index contributed by atoms with van der Waals surface area (Å²) in [5.41, 5.74) is 7.65. The van der Waals surface area contributed by atoms with Gasteiger partial charge in [-0.3, -0.25) is 4.98 Å². The molecule has 0 aliphatic heterocycles. The van der Waals surface area contributed by atoms with Gasteiger partial charge in [-0.25, -0.2) is 9.18 Å². The van der Waals surface area contributed by atoms with Crippen LogP contribution in [0.25, 0.3) is 0 Å². The molecule has 0 saturated carbocycles. The molecule has 0 aliphatic carbocycles. The number of nitrogens with zero attached hydrogens (tertiary/aromatic N) is 1. The van der Waals surface area contributed by atoms with E-state index in [2.05, 4.69) is 15.0 Å². The van der Waals surface area contributed by atoms with E-state index < -0.39 is 11.8 Å². The molecule has 0 unspecified atom stereocenters. The summed E-state index contributed by atoms with van der Waals surface area (Å²) in [6.07, 6.45) is 1.69.